The maximum Gasteiger partial charge on any atom is 0.305 e. The van der Waals surface area contributed by atoms with E-state index in [4.69, 9.17) is 0 Å². The van der Waals surface area contributed by atoms with Crippen LogP contribution in [0, 0.1) is 0 Å². The quantitative estimate of drug-likeness (QED) is 0.604. The fourth-order valence-corrected chi connectivity index (χ4v) is 2.11. The molecule has 3 heteroatoms. The van der Waals surface area contributed by atoms with E-state index in [2.05, 4.69) is 34.3 Å². The van der Waals surface area contributed by atoms with Gasteiger partial charge in [0.2, 0.25) is 0 Å². The molecule has 3 nitrogen and oxygen atoms in total. The van der Waals surface area contributed by atoms with E-state index in [0.717, 1.165) is 13.0 Å². The first-order valence-corrected chi connectivity index (χ1v) is 6.16. The Morgan fingerprint density at radius 3 is 2.88 bits per heavy atom. The van der Waals surface area contributed by atoms with Crippen molar-refractivity contribution >= 4 is 5.97 Å². The van der Waals surface area contributed by atoms with E-state index < -0.39 is 0 Å². The molecule has 0 aromatic heterocycles. The molecule has 1 aromatic rings. The number of hydrogen-bond acceptors (Lipinski definition) is 3. The van der Waals surface area contributed by atoms with Crippen molar-refractivity contribution < 1.29 is 9.53 Å². The maximum absolute atomic E-state index is 10.9. The van der Waals surface area contributed by atoms with E-state index in [9.17, 15) is 4.79 Å². The van der Waals surface area contributed by atoms with E-state index in [1.807, 2.05) is 6.07 Å². The van der Waals surface area contributed by atoms with Gasteiger partial charge >= 0.3 is 5.97 Å². The number of carbonyl (C=O) groups is 1. The van der Waals surface area contributed by atoms with Crippen LogP contribution in [0.5, 0.6) is 0 Å². The van der Waals surface area contributed by atoms with Gasteiger partial charge in [0, 0.05) is 18.4 Å². The molecule has 1 N–H and O–H groups in total. The third kappa shape index (κ3) is 3.56. The van der Waals surface area contributed by atoms with Crippen molar-refractivity contribution in [3.05, 3.63) is 35.9 Å². The number of esters is 1. The van der Waals surface area contributed by atoms with Crippen LogP contribution in [0.3, 0.4) is 0 Å². The van der Waals surface area contributed by atoms with Crippen molar-refractivity contribution in [2.75, 3.05) is 13.7 Å². The standard InChI is InChI=1S/C14H19NO2/c1-17-14(16)8-5-9-15-13-10-12(13)11-6-3-2-4-7-11/h2-4,6-7,12-13,15H,5,8-10H2,1H3. The molecule has 0 radical (unpaired) electrons. The average Bonchev–Trinajstić information content (AvgIpc) is 3.15. The molecule has 1 aliphatic carbocycles. The first-order valence-electron chi connectivity index (χ1n) is 6.16. The van der Waals surface area contributed by atoms with Crippen LogP contribution < -0.4 is 5.32 Å². The average molecular weight is 233 g/mol. The summed E-state index contributed by atoms with van der Waals surface area (Å²) in [6, 6.07) is 11.2. The lowest BCUT2D eigenvalue weighted by Gasteiger charge is -2.03. The van der Waals surface area contributed by atoms with Gasteiger partial charge in [0.05, 0.1) is 7.11 Å². The number of carbonyl (C=O) groups excluding carboxylic acids is 1. The molecule has 92 valence electrons. The Labute approximate surface area is 102 Å². The summed E-state index contributed by atoms with van der Waals surface area (Å²) in [6.45, 7) is 0.892. The minimum Gasteiger partial charge on any atom is -0.469 e. The number of rotatable bonds is 6. The number of methoxy groups -OCH3 is 1. The Morgan fingerprint density at radius 1 is 1.41 bits per heavy atom. The van der Waals surface area contributed by atoms with Crippen molar-refractivity contribution in [3.63, 3.8) is 0 Å². The predicted molar refractivity (Wildman–Crippen MR) is 66.8 cm³/mol. The van der Waals surface area contributed by atoms with Crippen LogP contribution in [0.1, 0.15) is 30.7 Å². The highest BCUT2D eigenvalue weighted by Gasteiger charge is 2.37. The first-order chi connectivity index (χ1) is 8.31. The smallest absolute Gasteiger partial charge is 0.305 e. The molecule has 0 heterocycles. The second-order valence-corrected chi connectivity index (χ2v) is 4.49. The third-order valence-electron chi connectivity index (χ3n) is 3.21. The monoisotopic (exact) mass is 233 g/mol. The van der Waals surface area contributed by atoms with E-state index in [-0.39, 0.29) is 5.97 Å². The van der Waals surface area contributed by atoms with Crippen LogP contribution in [0.15, 0.2) is 30.3 Å². The van der Waals surface area contributed by atoms with Gasteiger partial charge < -0.3 is 10.1 Å². The Balaban J connectivity index is 1.62. The van der Waals surface area contributed by atoms with Crippen LogP contribution in [-0.2, 0) is 9.53 Å². The molecular weight excluding hydrogens is 214 g/mol. The summed E-state index contributed by atoms with van der Waals surface area (Å²) in [5.41, 5.74) is 1.41. The molecule has 1 saturated carbocycles. The fourth-order valence-electron chi connectivity index (χ4n) is 2.11. The van der Waals surface area contributed by atoms with Gasteiger partial charge in [-0.1, -0.05) is 30.3 Å². The van der Waals surface area contributed by atoms with Crippen LogP contribution in [0.4, 0.5) is 0 Å². The topological polar surface area (TPSA) is 38.3 Å². The molecule has 2 atom stereocenters. The van der Waals surface area contributed by atoms with Crippen molar-refractivity contribution in [1.82, 2.24) is 5.32 Å². The lowest BCUT2D eigenvalue weighted by atomic mass is 10.1. The minimum absolute atomic E-state index is 0.123. The zero-order chi connectivity index (χ0) is 12.1. The molecule has 1 aliphatic rings. The first kappa shape index (κ1) is 12.1. The minimum atomic E-state index is -0.123. The summed E-state index contributed by atoms with van der Waals surface area (Å²) in [5, 5.41) is 3.48. The van der Waals surface area contributed by atoms with Crippen LogP contribution >= 0.6 is 0 Å². The summed E-state index contributed by atoms with van der Waals surface area (Å²) in [5.74, 6) is 0.538. The summed E-state index contributed by atoms with van der Waals surface area (Å²) >= 11 is 0. The lowest BCUT2D eigenvalue weighted by molar-refractivity contribution is -0.140. The largest absolute Gasteiger partial charge is 0.469 e. The fraction of sp³-hybridized carbons (Fsp3) is 0.500. The normalized spacial score (nSPS) is 22.2. The summed E-state index contributed by atoms with van der Waals surface area (Å²) in [7, 11) is 1.43. The second kappa shape index (κ2) is 5.82. The zero-order valence-electron chi connectivity index (χ0n) is 10.2. The molecule has 0 spiro atoms. The summed E-state index contributed by atoms with van der Waals surface area (Å²) in [6.07, 6.45) is 2.57. The second-order valence-electron chi connectivity index (χ2n) is 4.49. The van der Waals surface area contributed by atoms with E-state index in [0.29, 0.717) is 18.4 Å². The Kier molecular flexibility index (Phi) is 4.15. The molecule has 0 saturated heterocycles. The van der Waals surface area contributed by atoms with Gasteiger partial charge in [-0.15, -0.1) is 0 Å². The highest BCUT2D eigenvalue weighted by molar-refractivity contribution is 5.69. The van der Waals surface area contributed by atoms with Gasteiger partial charge in [-0.2, -0.15) is 0 Å². The molecule has 1 aromatic carbocycles. The highest BCUT2D eigenvalue weighted by Crippen LogP contribution is 2.40. The van der Waals surface area contributed by atoms with Gasteiger partial charge in [-0.25, -0.2) is 0 Å². The van der Waals surface area contributed by atoms with Crippen LogP contribution in [-0.4, -0.2) is 25.7 Å². The Morgan fingerprint density at radius 2 is 2.18 bits per heavy atom. The van der Waals surface area contributed by atoms with Crippen molar-refractivity contribution in [2.24, 2.45) is 0 Å². The highest BCUT2D eigenvalue weighted by atomic mass is 16.5. The van der Waals surface area contributed by atoms with Gasteiger partial charge in [0.25, 0.3) is 0 Å². The summed E-state index contributed by atoms with van der Waals surface area (Å²) < 4.78 is 4.60. The zero-order valence-corrected chi connectivity index (χ0v) is 10.2. The van der Waals surface area contributed by atoms with Gasteiger partial charge in [0.15, 0.2) is 0 Å². The third-order valence-corrected chi connectivity index (χ3v) is 3.21. The van der Waals surface area contributed by atoms with Crippen molar-refractivity contribution in [2.45, 2.75) is 31.2 Å². The molecule has 0 aliphatic heterocycles. The van der Waals surface area contributed by atoms with E-state index >= 15 is 0 Å². The van der Waals surface area contributed by atoms with E-state index in [1.54, 1.807) is 0 Å². The number of hydrogen-bond donors (Lipinski definition) is 1. The molecule has 2 rings (SSSR count). The molecule has 1 fully saturated rings. The summed E-state index contributed by atoms with van der Waals surface area (Å²) in [4.78, 5) is 10.9. The Hall–Kier alpha value is -1.35. The van der Waals surface area contributed by atoms with Gasteiger partial charge in [0.1, 0.15) is 0 Å². The van der Waals surface area contributed by atoms with Crippen LogP contribution in [0.25, 0.3) is 0 Å². The molecule has 0 bridgehead atoms. The molecule has 2 unspecified atom stereocenters. The molecular formula is C14H19NO2. The van der Waals surface area contributed by atoms with E-state index in [1.165, 1.54) is 19.1 Å². The number of ether oxygens (including phenoxy) is 1. The van der Waals surface area contributed by atoms with Crippen LogP contribution in [0.2, 0.25) is 0 Å². The lowest BCUT2D eigenvalue weighted by Crippen LogP contribution is -2.20. The molecule has 0 amide bonds. The SMILES string of the molecule is COC(=O)CCCNC1CC1c1ccccc1. The maximum atomic E-state index is 10.9. The van der Waals surface area contributed by atoms with Crippen molar-refractivity contribution in [3.8, 4) is 0 Å². The van der Waals surface area contributed by atoms with Crippen molar-refractivity contribution in [1.29, 1.82) is 0 Å². The molecule has 17 heavy (non-hydrogen) atoms. The number of benzene rings is 1. The van der Waals surface area contributed by atoms with Gasteiger partial charge in [-0.05, 0) is 24.9 Å². The predicted octanol–water partition coefficient (Wildman–Crippen LogP) is 2.09. The Bertz CT molecular complexity index is 364. The van der Waals surface area contributed by atoms with Gasteiger partial charge in [-0.3, -0.25) is 4.79 Å². The number of nitrogens with one attached hydrogen (secondary N) is 1.